The minimum atomic E-state index is -0.735. The number of fused-ring (bicyclic) bond motifs is 1. The number of carbonyl (C=O) groups is 1. The molecule has 0 spiro atoms. The molecule has 0 saturated carbocycles. The van der Waals surface area contributed by atoms with Gasteiger partial charge in [-0.3, -0.25) is 9.36 Å². The fourth-order valence-corrected chi connectivity index (χ4v) is 4.65. The third-order valence-electron chi connectivity index (χ3n) is 6.79. The molecule has 1 aliphatic rings. The van der Waals surface area contributed by atoms with Gasteiger partial charge in [-0.05, 0) is 6.42 Å². The molecule has 3 N–H and O–H groups in total. The molecule has 9 nitrogen and oxygen atoms in total. The van der Waals surface area contributed by atoms with E-state index in [4.69, 9.17) is 15.2 Å². The van der Waals surface area contributed by atoms with Crippen molar-refractivity contribution in [3.8, 4) is 0 Å². The maximum atomic E-state index is 12.1. The third kappa shape index (κ3) is 8.72. The van der Waals surface area contributed by atoms with Gasteiger partial charge in [0.15, 0.2) is 11.5 Å². The number of aliphatic hydroxyl groups is 1. The number of nitrogens with zero attached hydrogens (tertiary/aromatic N) is 4. The lowest BCUT2D eigenvalue weighted by atomic mass is 10.0. The molecule has 1 fully saturated rings. The highest BCUT2D eigenvalue weighted by molar-refractivity contribution is 5.81. The Kier molecular flexibility index (Phi) is 11.7. The lowest BCUT2D eigenvalue weighted by molar-refractivity contribution is -0.150. The van der Waals surface area contributed by atoms with Crippen LogP contribution in [-0.2, 0) is 14.3 Å². The van der Waals surface area contributed by atoms with E-state index in [2.05, 4.69) is 21.9 Å². The van der Waals surface area contributed by atoms with E-state index < -0.39 is 18.4 Å². The van der Waals surface area contributed by atoms with Crippen molar-refractivity contribution in [1.82, 2.24) is 19.5 Å². The average molecular weight is 490 g/mol. The predicted molar refractivity (Wildman–Crippen MR) is 136 cm³/mol. The fraction of sp³-hybridized carbons (Fsp3) is 0.769. The highest BCUT2D eigenvalue weighted by Gasteiger charge is 2.36. The molecule has 3 atom stereocenters. The Morgan fingerprint density at radius 1 is 1.03 bits per heavy atom. The van der Waals surface area contributed by atoms with Crippen LogP contribution in [0.3, 0.4) is 0 Å². The van der Waals surface area contributed by atoms with Crippen LogP contribution in [0.2, 0.25) is 0 Å². The molecule has 0 aromatic carbocycles. The van der Waals surface area contributed by atoms with E-state index in [9.17, 15) is 9.90 Å². The Morgan fingerprint density at radius 3 is 2.31 bits per heavy atom. The molecule has 0 bridgehead atoms. The topological polar surface area (TPSA) is 125 Å². The quantitative estimate of drug-likeness (QED) is 0.233. The van der Waals surface area contributed by atoms with Crippen molar-refractivity contribution in [3.63, 3.8) is 0 Å². The molecule has 9 heteroatoms. The Labute approximate surface area is 208 Å². The summed E-state index contributed by atoms with van der Waals surface area (Å²) in [5.74, 6) is 0.0619. The fourth-order valence-electron chi connectivity index (χ4n) is 4.65. The Balaban J connectivity index is 1.22. The van der Waals surface area contributed by atoms with Gasteiger partial charge in [0.2, 0.25) is 0 Å². The standard InChI is InChI=1S/C26H43N5O4/c1-2-3-4-5-6-7-8-9-10-11-12-13-14-15-23(33)34-17-21-20(32)16-22(35-21)31-19-30-24-25(27)28-18-29-26(24)31/h18-22,32H,2-17H2,1H3,(H2,27,28,29)/t20-,21+,22+/m0/s1. The number of nitrogens with two attached hydrogens (primary N) is 1. The number of carbonyl (C=O) groups excluding carboxylic acids is 1. The van der Waals surface area contributed by atoms with Gasteiger partial charge in [0.05, 0.1) is 12.4 Å². The first-order valence-corrected chi connectivity index (χ1v) is 13.5. The minimum absolute atomic E-state index is 0.0404. The maximum absolute atomic E-state index is 12.1. The summed E-state index contributed by atoms with van der Waals surface area (Å²) in [5, 5.41) is 10.4. The highest BCUT2D eigenvalue weighted by atomic mass is 16.6. The van der Waals surface area contributed by atoms with Gasteiger partial charge >= 0.3 is 5.97 Å². The molecule has 3 heterocycles. The zero-order chi connectivity index (χ0) is 24.9. The van der Waals surface area contributed by atoms with Crippen LogP contribution in [0.25, 0.3) is 11.2 Å². The zero-order valence-electron chi connectivity index (χ0n) is 21.2. The van der Waals surface area contributed by atoms with Crippen molar-refractivity contribution in [1.29, 1.82) is 0 Å². The number of hydrogen-bond donors (Lipinski definition) is 2. The summed E-state index contributed by atoms with van der Waals surface area (Å²) >= 11 is 0. The van der Waals surface area contributed by atoms with E-state index in [1.807, 2.05) is 0 Å². The first-order chi connectivity index (χ1) is 17.1. The second-order valence-electron chi connectivity index (χ2n) is 9.69. The first-order valence-electron chi connectivity index (χ1n) is 13.5. The molecule has 0 amide bonds. The highest BCUT2D eigenvalue weighted by Crippen LogP contribution is 2.31. The average Bonchev–Trinajstić information content (AvgIpc) is 3.44. The van der Waals surface area contributed by atoms with Crippen LogP contribution in [0.5, 0.6) is 0 Å². The van der Waals surface area contributed by atoms with Gasteiger partial charge < -0.3 is 20.3 Å². The van der Waals surface area contributed by atoms with Gasteiger partial charge in [0, 0.05) is 12.8 Å². The molecule has 1 aliphatic heterocycles. The summed E-state index contributed by atoms with van der Waals surface area (Å²) in [6, 6.07) is 0. The third-order valence-corrected chi connectivity index (χ3v) is 6.79. The molecule has 2 aromatic rings. The van der Waals surface area contributed by atoms with Crippen LogP contribution >= 0.6 is 0 Å². The predicted octanol–water partition coefficient (Wildman–Crippen LogP) is 5.08. The lowest BCUT2D eigenvalue weighted by Crippen LogP contribution is -2.27. The summed E-state index contributed by atoms with van der Waals surface area (Å²) in [7, 11) is 0. The van der Waals surface area contributed by atoms with Crippen LogP contribution in [0, 0.1) is 0 Å². The molecule has 3 rings (SSSR count). The van der Waals surface area contributed by atoms with E-state index in [1.54, 1.807) is 10.9 Å². The van der Waals surface area contributed by atoms with Crippen LogP contribution < -0.4 is 5.73 Å². The monoisotopic (exact) mass is 489 g/mol. The Hall–Kier alpha value is -2.26. The van der Waals surface area contributed by atoms with Crippen LogP contribution in [0.4, 0.5) is 5.82 Å². The van der Waals surface area contributed by atoms with Crippen molar-refractivity contribution in [3.05, 3.63) is 12.7 Å². The number of anilines is 1. The zero-order valence-corrected chi connectivity index (χ0v) is 21.2. The van der Waals surface area contributed by atoms with Crippen molar-refractivity contribution in [2.75, 3.05) is 12.3 Å². The van der Waals surface area contributed by atoms with Gasteiger partial charge in [-0.1, -0.05) is 84.0 Å². The maximum Gasteiger partial charge on any atom is 0.305 e. The van der Waals surface area contributed by atoms with Crippen molar-refractivity contribution in [2.24, 2.45) is 0 Å². The van der Waals surface area contributed by atoms with E-state index in [0.717, 1.165) is 12.8 Å². The molecule has 0 unspecified atom stereocenters. The van der Waals surface area contributed by atoms with Gasteiger partial charge in [0.1, 0.15) is 30.8 Å². The molecule has 0 radical (unpaired) electrons. The van der Waals surface area contributed by atoms with E-state index in [-0.39, 0.29) is 12.6 Å². The number of nitrogen functional groups attached to an aromatic ring is 1. The second kappa shape index (κ2) is 15.0. The number of hydrogen-bond acceptors (Lipinski definition) is 8. The molecule has 1 saturated heterocycles. The number of aromatic nitrogens is 4. The van der Waals surface area contributed by atoms with Gasteiger partial charge in [-0.2, -0.15) is 0 Å². The van der Waals surface area contributed by atoms with E-state index in [0.29, 0.717) is 29.8 Å². The summed E-state index contributed by atoms with van der Waals surface area (Å²) in [6.07, 6.45) is 18.5. The van der Waals surface area contributed by atoms with Gasteiger partial charge in [-0.25, -0.2) is 15.0 Å². The van der Waals surface area contributed by atoms with Gasteiger partial charge in [0.25, 0.3) is 0 Å². The Morgan fingerprint density at radius 2 is 1.66 bits per heavy atom. The number of rotatable bonds is 17. The van der Waals surface area contributed by atoms with Crippen molar-refractivity contribution >= 4 is 23.0 Å². The molecule has 2 aromatic heterocycles. The normalized spacial score (nSPS) is 20.0. The minimum Gasteiger partial charge on any atom is -0.463 e. The van der Waals surface area contributed by atoms with E-state index in [1.165, 1.54) is 77.0 Å². The largest absolute Gasteiger partial charge is 0.463 e. The van der Waals surface area contributed by atoms with Gasteiger partial charge in [-0.15, -0.1) is 0 Å². The lowest BCUT2D eigenvalue weighted by Gasteiger charge is -2.16. The summed E-state index contributed by atoms with van der Waals surface area (Å²) in [5.41, 5.74) is 6.89. The second-order valence-corrected chi connectivity index (χ2v) is 9.69. The van der Waals surface area contributed by atoms with E-state index >= 15 is 0 Å². The number of unbranched alkanes of at least 4 members (excludes halogenated alkanes) is 12. The van der Waals surface area contributed by atoms with Crippen molar-refractivity contribution in [2.45, 2.75) is 122 Å². The van der Waals surface area contributed by atoms with Crippen molar-refractivity contribution < 1.29 is 19.4 Å². The first kappa shape index (κ1) is 27.3. The number of esters is 1. The molecular formula is C26H43N5O4. The van der Waals surface area contributed by atoms with Crippen LogP contribution in [0.15, 0.2) is 12.7 Å². The van der Waals surface area contributed by atoms with Crippen LogP contribution in [0.1, 0.15) is 109 Å². The number of imidazole rings is 1. The molecule has 196 valence electrons. The summed E-state index contributed by atoms with van der Waals surface area (Å²) < 4.78 is 13.0. The Bertz CT molecular complexity index is 890. The summed E-state index contributed by atoms with van der Waals surface area (Å²) in [4.78, 5) is 24.5. The number of aliphatic hydroxyl groups excluding tert-OH is 1. The smallest absolute Gasteiger partial charge is 0.305 e. The van der Waals surface area contributed by atoms with Crippen LogP contribution in [-0.4, -0.2) is 49.4 Å². The molecule has 0 aliphatic carbocycles. The summed E-state index contributed by atoms with van der Waals surface area (Å²) in [6.45, 7) is 2.30. The SMILES string of the molecule is CCCCCCCCCCCCCCCC(=O)OC[C@H]1O[C@@H](n2cnc3c(N)ncnc32)C[C@@H]1O. The molecule has 35 heavy (non-hydrogen) atoms. The molecular weight excluding hydrogens is 446 g/mol. The number of ether oxygens (including phenoxy) is 2.